The number of piperidine rings is 1. The molecule has 0 saturated carbocycles. The summed E-state index contributed by atoms with van der Waals surface area (Å²) in [5, 5.41) is 6.21. The summed E-state index contributed by atoms with van der Waals surface area (Å²) in [7, 11) is -3.57. The van der Waals surface area contributed by atoms with E-state index in [2.05, 4.69) is 10.2 Å². The van der Waals surface area contributed by atoms with Crippen molar-refractivity contribution in [3.63, 3.8) is 0 Å². The van der Waals surface area contributed by atoms with E-state index in [1.165, 1.54) is 21.0 Å². The van der Waals surface area contributed by atoms with Crippen molar-refractivity contribution in [3.05, 3.63) is 28.4 Å². The standard InChI is InChI=1S/C13H18N4O3S/c1-9-5-3-4-6-17(9)21(19,20)11-7-12-13(18)15-14-10(2)16(12)8-11/h7-9H,3-6H2,1-2H3,(H,15,18). The lowest BCUT2D eigenvalue weighted by atomic mass is 10.1. The molecule has 1 atom stereocenters. The van der Waals surface area contributed by atoms with Gasteiger partial charge in [-0.1, -0.05) is 6.42 Å². The van der Waals surface area contributed by atoms with Gasteiger partial charge in [0.1, 0.15) is 16.2 Å². The molecule has 21 heavy (non-hydrogen) atoms. The molecule has 7 nitrogen and oxygen atoms in total. The monoisotopic (exact) mass is 310 g/mol. The Balaban J connectivity index is 2.13. The third-order valence-corrected chi connectivity index (χ3v) is 6.02. The number of fused-ring (bicyclic) bond motifs is 1. The minimum atomic E-state index is -3.57. The van der Waals surface area contributed by atoms with E-state index in [0.29, 0.717) is 17.9 Å². The van der Waals surface area contributed by atoms with Crippen molar-refractivity contribution >= 4 is 15.5 Å². The normalized spacial score (nSPS) is 21.0. The third-order valence-electron chi connectivity index (χ3n) is 4.04. The second-order valence-electron chi connectivity index (χ2n) is 5.49. The molecule has 1 unspecified atom stereocenters. The minimum absolute atomic E-state index is 0.00994. The number of sulfonamides is 1. The predicted molar refractivity (Wildman–Crippen MR) is 77.8 cm³/mol. The maximum atomic E-state index is 12.8. The predicted octanol–water partition coefficient (Wildman–Crippen LogP) is 0.894. The van der Waals surface area contributed by atoms with E-state index in [0.717, 1.165) is 19.3 Å². The van der Waals surface area contributed by atoms with Gasteiger partial charge >= 0.3 is 0 Å². The van der Waals surface area contributed by atoms with Crippen LogP contribution in [0.4, 0.5) is 0 Å². The van der Waals surface area contributed by atoms with E-state index in [1.54, 1.807) is 6.92 Å². The number of rotatable bonds is 2. The molecule has 114 valence electrons. The number of hydrogen-bond donors (Lipinski definition) is 1. The van der Waals surface area contributed by atoms with Gasteiger partial charge in [0, 0.05) is 18.8 Å². The van der Waals surface area contributed by atoms with Gasteiger partial charge in [-0.2, -0.15) is 9.40 Å². The van der Waals surface area contributed by atoms with Crippen LogP contribution in [0.3, 0.4) is 0 Å². The van der Waals surface area contributed by atoms with Crippen LogP contribution in [0.1, 0.15) is 32.0 Å². The second-order valence-corrected chi connectivity index (χ2v) is 7.38. The number of hydrogen-bond acceptors (Lipinski definition) is 4. The van der Waals surface area contributed by atoms with Crippen molar-refractivity contribution in [1.82, 2.24) is 18.9 Å². The molecule has 8 heteroatoms. The molecule has 3 heterocycles. The first-order valence-electron chi connectivity index (χ1n) is 7.00. The van der Waals surface area contributed by atoms with Crippen molar-refractivity contribution in [2.75, 3.05) is 6.54 Å². The summed E-state index contributed by atoms with van der Waals surface area (Å²) in [5.74, 6) is 0.540. The van der Waals surface area contributed by atoms with Gasteiger partial charge in [-0.15, -0.1) is 0 Å². The van der Waals surface area contributed by atoms with Crippen molar-refractivity contribution in [2.24, 2.45) is 0 Å². The molecule has 1 aliphatic rings. The highest BCUT2D eigenvalue weighted by atomic mass is 32.2. The maximum Gasteiger partial charge on any atom is 0.288 e. The molecule has 0 aromatic carbocycles. The first-order valence-corrected chi connectivity index (χ1v) is 8.44. The average molecular weight is 310 g/mol. The quantitative estimate of drug-likeness (QED) is 0.892. The molecule has 1 N–H and O–H groups in total. The third kappa shape index (κ3) is 2.28. The Morgan fingerprint density at radius 1 is 1.38 bits per heavy atom. The van der Waals surface area contributed by atoms with Gasteiger partial charge in [-0.05, 0) is 32.8 Å². The number of aromatic nitrogens is 3. The Kier molecular flexibility index (Phi) is 3.37. The van der Waals surface area contributed by atoms with Crippen LogP contribution in [0.25, 0.3) is 5.52 Å². The molecular weight excluding hydrogens is 292 g/mol. The zero-order valence-corrected chi connectivity index (χ0v) is 12.9. The van der Waals surface area contributed by atoms with Crippen LogP contribution < -0.4 is 5.56 Å². The molecule has 0 aliphatic carbocycles. The van der Waals surface area contributed by atoms with E-state index in [9.17, 15) is 13.2 Å². The van der Waals surface area contributed by atoms with Gasteiger partial charge in [0.05, 0.1) is 0 Å². The highest BCUT2D eigenvalue weighted by Crippen LogP contribution is 2.26. The lowest BCUT2D eigenvalue weighted by Gasteiger charge is -2.31. The van der Waals surface area contributed by atoms with E-state index in [-0.39, 0.29) is 10.9 Å². The lowest BCUT2D eigenvalue weighted by molar-refractivity contribution is 0.268. The summed E-state index contributed by atoms with van der Waals surface area (Å²) < 4.78 is 28.6. The summed E-state index contributed by atoms with van der Waals surface area (Å²) in [6.45, 7) is 4.16. The highest BCUT2D eigenvalue weighted by molar-refractivity contribution is 7.89. The number of H-pyrrole nitrogens is 1. The summed E-state index contributed by atoms with van der Waals surface area (Å²) in [5.41, 5.74) is -0.0977. The number of aromatic amines is 1. The molecule has 2 aromatic heterocycles. The van der Waals surface area contributed by atoms with Gasteiger partial charge in [-0.3, -0.25) is 9.20 Å². The fraction of sp³-hybridized carbons (Fsp3) is 0.538. The van der Waals surface area contributed by atoms with Gasteiger partial charge in [-0.25, -0.2) is 13.5 Å². The maximum absolute atomic E-state index is 12.8. The Labute approximate surface area is 122 Å². The van der Waals surface area contributed by atoms with Gasteiger partial charge in [0.15, 0.2) is 0 Å². The molecule has 0 radical (unpaired) electrons. The van der Waals surface area contributed by atoms with E-state index >= 15 is 0 Å². The van der Waals surface area contributed by atoms with Crippen LogP contribution in [-0.4, -0.2) is 39.9 Å². The summed E-state index contributed by atoms with van der Waals surface area (Å²) in [4.78, 5) is 11.9. The zero-order chi connectivity index (χ0) is 15.2. The van der Waals surface area contributed by atoms with Crippen molar-refractivity contribution in [2.45, 2.75) is 44.0 Å². The second kappa shape index (κ2) is 4.96. The number of nitrogens with one attached hydrogen (secondary N) is 1. The Hall–Kier alpha value is -1.67. The van der Waals surface area contributed by atoms with Crippen LogP contribution in [0, 0.1) is 6.92 Å². The Bertz CT molecular complexity index is 837. The van der Waals surface area contributed by atoms with E-state index < -0.39 is 15.6 Å². The first kappa shape index (κ1) is 14.3. The van der Waals surface area contributed by atoms with Crippen LogP contribution in [0.2, 0.25) is 0 Å². The molecule has 1 aliphatic heterocycles. The van der Waals surface area contributed by atoms with Crippen LogP contribution in [0.15, 0.2) is 22.0 Å². The summed E-state index contributed by atoms with van der Waals surface area (Å²) >= 11 is 0. The molecule has 0 amide bonds. The molecule has 1 saturated heterocycles. The fourth-order valence-electron chi connectivity index (χ4n) is 2.83. The molecule has 3 rings (SSSR count). The van der Waals surface area contributed by atoms with Gasteiger partial charge in [0.25, 0.3) is 5.56 Å². The smallest absolute Gasteiger partial charge is 0.288 e. The number of nitrogens with zero attached hydrogens (tertiary/aromatic N) is 3. The molecule has 2 aromatic rings. The average Bonchev–Trinajstić information content (AvgIpc) is 2.90. The van der Waals surface area contributed by atoms with Crippen LogP contribution in [0.5, 0.6) is 0 Å². The largest absolute Gasteiger partial charge is 0.298 e. The fourth-order valence-corrected chi connectivity index (χ4v) is 4.55. The van der Waals surface area contributed by atoms with E-state index in [4.69, 9.17) is 0 Å². The molecule has 0 spiro atoms. The molecular formula is C13H18N4O3S. The highest BCUT2D eigenvalue weighted by Gasteiger charge is 2.32. The Morgan fingerprint density at radius 3 is 2.81 bits per heavy atom. The van der Waals surface area contributed by atoms with Gasteiger partial charge in [0.2, 0.25) is 10.0 Å². The van der Waals surface area contributed by atoms with Crippen LogP contribution >= 0.6 is 0 Å². The van der Waals surface area contributed by atoms with E-state index in [1.807, 2.05) is 6.92 Å². The van der Waals surface area contributed by atoms with Crippen LogP contribution in [-0.2, 0) is 10.0 Å². The lowest BCUT2D eigenvalue weighted by Crippen LogP contribution is -2.41. The number of aryl methyl sites for hydroxylation is 1. The summed E-state index contributed by atoms with van der Waals surface area (Å²) in [6, 6.07) is 1.41. The van der Waals surface area contributed by atoms with Crippen molar-refractivity contribution in [3.8, 4) is 0 Å². The minimum Gasteiger partial charge on any atom is -0.298 e. The van der Waals surface area contributed by atoms with Crippen molar-refractivity contribution in [1.29, 1.82) is 0 Å². The topological polar surface area (TPSA) is 87.5 Å². The van der Waals surface area contributed by atoms with Gasteiger partial charge < -0.3 is 0 Å². The Morgan fingerprint density at radius 2 is 2.14 bits per heavy atom. The van der Waals surface area contributed by atoms with Crippen molar-refractivity contribution < 1.29 is 8.42 Å². The first-order chi connectivity index (χ1) is 9.91. The SMILES string of the molecule is Cc1n[nH]c(=O)c2cc(S(=O)(=O)N3CCCCC3C)cn12. The molecule has 0 bridgehead atoms. The zero-order valence-electron chi connectivity index (χ0n) is 12.0. The summed E-state index contributed by atoms with van der Waals surface area (Å²) in [6.07, 6.45) is 4.27. The molecule has 1 fully saturated rings.